The lowest BCUT2D eigenvalue weighted by molar-refractivity contribution is -0.133. The molecule has 0 spiro atoms. The Bertz CT molecular complexity index is 927. The van der Waals surface area contributed by atoms with E-state index in [0.29, 0.717) is 22.5 Å². The molecule has 0 amide bonds. The van der Waals surface area contributed by atoms with Gasteiger partial charge >= 0.3 is 0 Å². The summed E-state index contributed by atoms with van der Waals surface area (Å²) >= 11 is 0. The second-order valence-electron chi connectivity index (χ2n) is 14.1. The third-order valence-corrected chi connectivity index (χ3v) is 11.8. The molecule has 0 saturated heterocycles. The molecular formula is C34H50O. The van der Waals surface area contributed by atoms with Gasteiger partial charge in [-0.15, -0.1) is 0 Å². The summed E-state index contributed by atoms with van der Waals surface area (Å²) in [5.74, 6) is 6.26. The predicted molar refractivity (Wildman–Crippen MR) is 148 cm³/mol. The quantitative estimate of drug-likeness (QED) is 0.375. The van der Waals surface area contributed by atoms with Crippen LogP contribution in [0.15, 0.2) is 35.9 Å². The van der Waals surface area contributed by atoms with Crippen molar-refractivity contribution < 1.29 is 4.79 Å². The fraction of sp³-hybridized carbons (Fsp3) is 0.735. The lowest BCUT2D eigenvalue weighted by Crippen LogP contribution is -2.54. The molecule has 4 fully saturated rings. The minimum absolute atomic E-state index is 0.305. The first kappa shape index (κ1) is 25.3. The summed E-state index contributed by atoms with van der Waals surface area (Å²) in [5.41, 5.74) is 3.15. The van der Waals surface area contributed by atoms with E-state index in [1.54, 1.807) is 0 Å². The maximum Gasteiger partial charge on any atom is 0.159 e. The average molecular weight is 475 g/mol. The maximum atomic E-state index is 13.2. The number of fused-ring (bicyclic) bond motifs is 5. The van der Waals surface area contributed by atoms with Crippen LogP contribution in [0.3, 0.4) is 0 Å². The van der Waals surface area contributed by atoms with Crippen LogP contribution in [0.1, 0.15) is 111 Å². The fourth-order valence-electron chi connectivity index (χ4n) is 9.92. The Morgan fingerprint density at radius 1 is 0.914 bits per heavy atom. The van der Waals surface area contributed by atoms with Gasteiger partial charge in [0.15, 0.2) is 5.78 Å². The molecule has 35 heavy (non-hydrogen) atoms. The Morgan fingerprint density at radius 3 is 2.40 bits per heavy atom. The first-order valence-corrected chi connectivity index (χ1v) is 15.0. The molecule has 1 nitrogen and oxygen atoms in total. The highest BCUT2D eigenvalue weighted by molar-refractivity contribution is 6.00. The Kier molecular flexibility index (Phi) is 7.10. The van der Waals surface area contributed by atoms with Crippen molar-refractivity contribution in [1.29, 1.82) is 0 Å². The van der Waals surface area contributed by atoms with E-state index in [2.05, 4.69) is 71.0 Å². The fourth-order valence-corrected chi connectivity index (χ4v) is 9.92. The Morgan fingerprint density at radius 2 is 1.66 bits per heavy atom. The number of Topliss-reactive ketones (excluding diaryl/α,β-unsaturated/α-hetero) is 1. The summed E-state index contributed by atoms with van der Waals surface area (Å²) in [7, 11) is 0. The molecule has 0 N–H and O–H groups in total. The van der Waals surface area contributed by atoms with E-state index in [1.165, 1.54) is 63.4 Å². The number of carbonyl (C=O) groups is 1. The van der Waals surface area contributed by atoms with Crippen molar-refractivity contribution in [3.63, 3.8) is 0 Å². The minimum atomic E-state index is 0.305. The van der Waals surface area contributed by atoms with Crippen LogP contribution >= 0.6 is 0 Å². The zero-order chi connectivity index (χ0) is 24.8. The minimum Gasteiger partial charge on any atom is -0.295 e. The third kappa shape index (κ3) is 4.59. The summed E-state index contributed by atoms with van der Waals surface area (Å²) in [6, 6.07) is 10.5. The van der Waals surface area contributed by atoms with Gasteiger partial charge in [0.2, 0.25) is 0 Å². The second-order valence-corrected chi connectivity index (χ2v) is 14.1. The Hall–Kier alpha value is -1.37. The number of benzene rings is 1. The number of allylic oxidation sites excluding steroid dienone is 1. The topological polar surface area (TPSA) is 17.1 Å². The summed E-state index contributed by atoms with van der Waals surface area (Å²) in [5, 5.41) is 0. The number of ketones is 1. The highest BCUT2D eigenvalue weighted by atomic mass is 16.1. The summed E-state index contributed by atoms with van der Waals surface area (Å²) in [4.78, 5) is 13.2. The van der Waals surface area contributed by atoms with Crippen molar-refractivity contribution in [1.82, 2.24) is 0 Å². The molecule has 0 radical (unpaired) electrons. The Balaban J connectivity index is 1.34. The van der Waals surface area contributed by atoms with Gasteiger partial charge in [0.05, 0.1) is 0 Å². The first-order valence-electron chi connectivity index (χ1n) is 15.0. The average Bonchev–Trinajstić information content (AvgIpc) is 3.18. The predicted octanol–water partition coefficient (Wildman–Crippen LogP) is 9.37. The molecule has 0 aliphatic heterocycles. The lowest BCUT2D eigenvalue weighted by Gasteiger charge is -2.60. The highest BCUT2D eigenvalue weighted by Gasteiger charge is 2.61. The van der Waals surface area contributed by atoms with Crippen LogP contribution in [-0.2, 0) is 4.79 Å². The van der Waals surface area contributed by atoms with Crippen LogP contribution in [0.2, 0.25) is 0 Å². The number of rotatable bonds is 6. The van der Waals surface area contributed by atoms with Crippen molar-refractivity contribution in [3.8, 4) is 0 Å². The maximum absolute atomic E-state index is 13.2. The van der Waals surface area contributed by atoms with Gasteiger partial charge in [0, 0.05) is 6.42 Å². The van der Waals surface area contributed by atoms with Crippen molar-refractivity contribution in [2.24, 2.45) is 52.3 Å². The van der Waals surface area contributed by atoms with Crippen molar-refractivity contribution in [2.45, 2.75) is 105 Å². The smallest absolute Gasteiger partial charge is 0.159 e. The number of hydrogen-bond donors (Lipinski definition) is 0. The molecule has 4 saturated carbocycles. The molecule has 0 bridgehead atoms. The van der Waals surface area contributed by atoms with Crippen molar-refractivity contribution in [2.75, 3.05) is 0 Å². The van der Waals surface area contributed by atoms with E-state index in [0.717, 1.165) is 53.9 Å². The summed E-state index contributed by atoms with van der Waals surface area (Å²) in [6.45, 7) is 12.6. The van der Waals surface area contributed by atoms with Crippen LogP contribution in [0, 0.1) is 52.3 Å². The third-order valence-electron chi connectivity index (χ3n) is 11.8. The molecule has 1 heteroatoms. The van der Waals surface area contributed by atoms with Crippen LogP contribution in [-0.4, -0.2) is 5.78 Å². The van der Waals surface area contributed by atoms with Crippen LogP contribution in [0.4, 0.5) is 0 Å². The summed E-state index contributed by atoms with van der Waals surface area (Å²) in [6.07, 6.45) is 16.6. The van der Waals surface area contributed by atoms with E-state index in [-0.39, 0.29) is 0 Å². The van der Waals surface area contributed by atoms with Gasteiger partial charge in [-0.3, -0.25) is 4.79 Å². The van der Waals surface area contributed by atoms with Crippen molar-refractivity contribution in [3.05, 3.63) is 41.5 Å². The molecule has 4 aliphatic carbocycles. The summed E-state index contributed by atoms with van der Waals surface area (Å²) < 4.78 is 0. The van der Waals surface area contributed by atoms with Gasteiger partial charge in [-0.25, -0.2) is 0 Å². The van der Waals surface area contributed by atoms with Gasteiger partial charge in [-0.2, -0.15) is 0 Å². The van der Waals surface area contributed by atoms with E-state index in [1.807, 2.05) is 0 Å². The number of hydrogen-bond acceptors (Lipinski definition) is 1. The largest absolute Gasteiger partial charge is 0.295 e. The second kappa shape index (κ2) is 9.83. The van der Waals surface area contributed by atoms with Gasteiger partial charge < -0.3 is 0 Å². The monoisotopic (exact) mass is 474 g/mol. The van der Waals surface area contributed by atoms with E-state index >= 15 is 0 Å². The molecular weight excluding hydrogens is 424 g/mol. The molecule has 192 valence electrons. The SMILES string of the molecule is CC(C)CCC[C@@H](C)[C@H]1CC[C@H]2[C@@H]3CC[C@H]4CC(=O)C(=Cc5ccccc5)C[C@]4(C)[C@H]3CC[C@]12C. The Labute approximate surface area is 215 Å². The van der Waals surface area contributed by atoms with Crippen LogP contribution < -0.4 is 0 Å². The zero-order valence-electron chi connectivity index (χ0n) is 23.2. The normalized spacial score (nSPS) is 40.9. The van der Waals surface area contributed by atoms with Gasteiger partial charge in [0.1, 0.15) is 0 Å². The van der Waals surface area contributed by atoms with Crippen LogP contribution in [0.25, 0.3) is 6.08 Å². The molecule has 1 aromatic carbocycles. The van der Waals surface area contributed by atoms with Crippen molar-refractivity contribution >= 4 is 11.9 Å². The van der Waals surface area contributed by atoms with Crippen LogP contribution in [0.5, 0.6) is 0 Å². The van der Waals surface area contributed by atoms with E-state index < -0.39 is 0 Å². The molecule has 4 aliphatic rings. The molecule has 0 unspecified atom stereocenters. The molecule has 8 atom stereocenters. The molecule has 1 aromatic rings. The van der Waals surface area contributed by atoms with Gasteiger partial charge in [-0.1, -0.05) is 84.2 Å². The molecule has 0 heterocycles. The van der Waals surface area contributed by atoms with E-state index in [9.17, 15) is 4.79 Å². The standard InChI is InChI=1S/C34H50O/c1-23(2)10-9-11-24(3)29-16-17-30-28-15-14-27-21-32(35)26(20-25-12-7-6-8-13-25)22-34(27,5)31(28)18-19-33(29,30)4/h6-8,12-13,20,23-24,27-31H,9-11,14-19,21-22H2,1-5H3/t24-,27+,28+,29-,30+,31+,33-,34+/m1/s1. The molecule has 0 aromatic heterocycles. The first-order chi connectivity index (χ1) is 16.7. The van der Waals surface area contributed by atoms with Gasteiger partial charge in [0.25, 0.3) is 0 Å². The van der Waals surface area contributed by atoms with Gasteiger partial charge in [-0.05, 0) is 114 Å². The zero-order valence-corrected chi connectivity index (χ0v) is 23.2. The van der Waals surface area contributed by atoms with E-state index in [4.69, 9.17) is 0 Å². The molecule has 5 rings (SSSR count). The number of carbonyl (C=O) groups excluding carboxylic acids is 1. The lowest BCUT2D eigenvalue weighted by atomic mass is 9.44. The highest BCUT2D eigenvalue weighted by Crippen LogP contribution is 2.68.